The largest absolute Gasteiger partial charge is 0.507 e. The monoisotopic (exact) mass is 479 g/mol. The number of rotatable bonds is 11. The number of methoxy groups -OCH3 is 1. The third-order valence-electron chi connectivity index (χ3n) is 5.64. The van der Waals surface area contributed by atoms with Gasteiger partial charge >= 0.3 is 0 Å². The van der Waals surface area contributed by atoms with Crippen LogP contribution in [-0.2, 0) is 14.3 Å². The van der Waals surface area contributed by atoms with Crippen molar-refractivity contribution in [1.82, 2.24) is 4.90 Å². The van der Waals surface area contributed by atoms with E-state index in [4.69, 9.17) is 14.2 Å². The lowest BCUT2D eigenvalue weighted by Gasteiger charge is -2.25. The van der Waals surface area contributed by atoms with E-state index in [1.165, 1.54) is 12.0 Å². The molecule has 0 saturated carbocycles. The van der Waals surface area contributed by atoms with Crippen LogP contribution in [0.25, 0.3) is 5.76 Å². The van der Waals surface area contributed by atoms with Gasteiger partial charge in [-0.1, -0.05) is 38.6 Å². The highest BCUT2D eigenvalue weighted by Gasteiger charge is 2.46. The van der Waals surface area contributed by atoms with E-state index in [1.807, 2.05) is 6.92 Å². The standard InChI is InChI=1S/C28H33NO6/c1-6-13-34-22-9-7-8-20(16-22)25-24(27(31)28(32)29(25)12-14-33-5)26(30)21-10-11-23(19(4)15-21)35-17-18(2)3/h6-11,15-16,18,25,30H,1,12-14,17H2,2-5H3/b26-24+. The minimum absolute atomic E-state index is 0.0298. The number of ketones is 1. The van der Waals surface area contributed by atoms with Crippen LogP contribution in [-0.4, -0.2) is 55.2 Å². The van der Waals surface area contributed by atoms with E-state index in [9.17, 15) is 14.7 Å². The van der Waals surface area contributed by atoms with Crippen LogP contribution in [0.3, 0.4) is 0 Å². The predicted octanol–water partition coefficient (Wildman–Crippen LogP) is 4.66. The number of carbonyl (C=O) groups excluding carboxylic acids is 2. The Kier molecular flexibility index (Phi) is 8.71. The van der Waals surface area contributed by atoms with Crippen molar-refractivity contribution in [3.63, 3.8) is 0 Å². The molecule has 1 unspecified atom stereocenters. The molecule has 0 bridgehead atoms. The molecule has 1 atom stereocenters. The van der Waals surface area contributed by atoms with E-state index in [0.717, 1.165) is 5.56 Å². The summed E-state index contributed by atoms with van der Waals surface area (Å²) in [6.07, 6.45) is 1.63. The molecule has 7 nitrogen and oxygen atoms in total. The molecule has 0 spiro atoms. The molecule has 7 heteroatoms. The van der Waals surface area contributed by atoms with E-state index < -0.39 is 17.7 Å². The van der Waals surface area contributed by atoms with Gasteiger partial charge in [0.25, 0.3) is 11.7 Å². The Hall–Kier alpha value is -3.58. The Balaban J connectivity index is 2.08. The molecule has 35 heavy (non-hydrogen) atoms. The fourth-order valence-corrected chi connectivity index (χ4v) is 3.95. The van der Waals surface area contributed by atoms with Gasteiger partial charge in [-0.2, -0.15) is 0 Å². The highest BCUT2D eigenvalue weighted by atomic mass is 16.5. The third kappa shape index (κ3) is 5.92. The zero-order valence-electron chi connectivity index (χ0n) is 20.7. The van der Waals surface area contributed by atoms with Crippen molar-refractivity contribution in [1.29, 1.82) is 0 Å². The summed E-state index contributed by atoms with van der Waals surface area (Å²) in [6.45, 7) is 11.0. The molecular formula is C28H33NO6. The van der Waals surface area contributed by atoms with Gasteiger partial charge in [-0.15, -0.1) is 0 Å². The van der Waals surface area contributed by atoms with Gasteiger partial charge in [0.1, 0.15) is 23.9 Å². The minimum atomic E-state index is -0.783. The average molecular weight is 480 g/mol. The van der Waals surface area contributed by atoms with E-state index in [2.05, 4.69) is 20.4 Å². The summed E-state index contributed by atoms with van der Waals surface area (Å²) < 4.78 is 16.6. The van der Waals surface area contributed by atoms with Crippen molar-refractivity contribution < 1.29 is 28.9 Å². The number of likely N-dealkylation sites (tertiary alicyclic amines) is 1. The van der Waals surface area contributed by atoms with E-state index in [1.54, 1.807) is 48.5 Å². The zero-order chi connectivity index (χ0) is 25.5. The van der Waals surface area contributed by atoms with Crippen molar-refractivity contribution in [3.05, 3.63) is 77.4 Å². The van der Waals surface area contributed by atoms with Crippen LogP contribution in [0.1, 0.15) is 36.6 Å². The summed E-state index contributed by atoms with van der Waals surface area (Å²) in [5, 5.41) is 11.3. The Labute approximate surface area is 206 Å². The highest BCUT2D eigenvalue weighted by molar-refractivity contribution is 6.46. The third-order valence-corrected chi connectivity index (χ3v) is 5.64. The van der Waals surface area contributed by atoms with Crippen molar-refractivity contribution in [2.75, 3.05) is 33.5 Å². The van der Waals surface area contributed by atoms with E-state index in [-0.39, 0.29) is 24.5 Å². The molecule has 0 aromatic heterocycles. The van der Waals surface area contributed by atoms with Crippen molar-refractivity contribution in [2.24, 2.45) is 5.92 Å². The van der Waals surface area contributed by atoms with Crippen LogP contribution in [0, 0.1) is 12.8 Å². The van der Waals surface area contributed by atoms with Gasteiger partial charge in [0.15, 0.2) is 0 Å². The maximum absolute atomic E-state index is 13.1. The SMILES string of the molecule is C=CCOc1cccc(C2/C(=C(\O)c3ccc(OCC(C)C)c(C)c3)C(=O)C(=O)N2CCOC)c1. The summed E-state index contributed by atoms with van der Waals surface area (Å²) in [5.41, 5.74) is 1.94. The number of aryl methyl sites for hydroxylation is 1. The molecule has 1 aliphatic heterocycles. The van der Waals surface area contributed by atoms with Gasteiger partial charge in [-0.3, -0.25) is 9.59 Å². The molecule has 3 rings (SSSR count). The number of aliphatic hydroxyl groups excluding tert-OH is 1. The molecule has 2 aromatic rings. The van der Waals surface area contributed by atoms with Gasteiger partial charge < -0.3 is 24.2 Å². The second-order valence-electron chi connectivity index (χ2n) is 8.84. The average Bonchev–Trinajstić information content (AvgIpc) is 3.09. The highest BCUT2D eigenvalue weighted by Crippen LogP contribution is 2.40. The van der Waals surface area contributed by atoms with E-state index >= 15 is 0 Å². The molecule has 0 radical (unpaired) electrons. The van der Waals surface area contributed by atoms with Crippen LogP contribution in [0.5, 0.6) is 11.5 Å². The molecule has 2 aromatic carbocycles. The van der Waals surface area contributed by atoms with Gasteiger partial charge in [-0.25, -0.2) is 0 Å². The van der Waals surface area contributed by atoms with Crippen LogP contribution in [0.4, 0.5) is 0 Å². The summed E-state index contributed by atoms with van der Waals surface area (Å²) in [5.74, 6) is 0.000964. The van der Waals surface area contributed by atoms with Gasteiger partial charge in [0.2, 0.25) is 0 Å². The number of amides is 1. The maximum Gasteiger partial charge on any atom is 0.295 e. The molecule has 1 N–H and O–H groups in total. The molecule has 0 aliphatic carbocycles. The second-order valence-corrected chi connectivity index (χ2v) is 8.84. The Morgan fingerprint density at radius 1 is 1.17 bits per heavy atom. The number of carbonyl (C=O) groups is 2. The summed E-state index contributed by atoms with van der Waals surface area (Å²) in [4.78, 5) is 27.6. The lowest BCUT2D eigenvalue weighted by atomic mass is 9.94. The Morgan fingerprint density at radius 3 is 2.60 bits per heavy atom. The molecular weight excluding hydrogens is 446 g/mol. The smallest absolute Gasteiger partial charge is 0.295 e. The normalized spacial score (nSPS) is 17.2. The molecule has 1 fully saturated rings. The predicted molar refractivity (Wildman–Crippen MR) is 135 cm³/mol. The quantitative estimate of drug-likeness (QED) is 0.218. The fraction of sp³-hybridized carbons (Fsp3) is 0.357. The van der Waals surface area contributed by atoms with Crippen LogP contribution >= 0.6 is 0 Å². The van der Waals surface area contributed by atoms with Crippen molar-refractivity contribution in [3.8, 4) is 11.5 Å². The van der Waals surface area contributed by atoms with Crippen LogP contribution in [0.15, 0.2) is 60.7 Å². The van der Waals surface area contributed by atoms with Crippen LogP contribution in [0.2, 0.25) is 0 Å². The maximum atomic E-state index is 13.1. The lowest BCUT2D eigenvalue weighted by Crippen LogP contribution is -2.32. The molecule has 1 heterocycles. The lowest BCUT2D eigenvalue weighted by molar-refractivity contribution is -0.140. The first kappa shape index (κ1) is 26.0. The van der Waals surface area contributed by atoms with Gasteiger partial charge in [0, 0.05) is 19.2 Å². The fourth-order valence-electron chi connectivity index (χ4n) is 3.95. The number of benzene rings is 2. The number of hydrogen-bond donors (Lipinski definition) is 1. The minimum Gasteiger partial charge on any atom is -0.507 e. The van der Waals surface area contributed by atoms with E-state index in [0.29, 0.717) is 41.8 Å². The number of aliphatic hydroxyl groups is 1. The summed E-state index contributed by atoms with van der Waals surface area (Å²) >= 11 is 0. The number of ether oxygens (including phenoxy) is 3. The Bertz CT molecular complexity index is 1120. The summed E-state index contributed by atoms with van der Waals surface area (Å²) in [7, 11) is 1.53. The number of Topliss-reactive ketones (excluding diaryl/α,β-unsaturated/α-hetero) is 1. The second kappa shape index (κ2) is 11.7. The van der Waals surface area contributed by atoms with Crippen molar-refractivity contribution >= 4 is 17.4 Å². The zero-order valence-corrected chi connectivity index (χ0v) is 20.7. The number of hydrogen-bond acceptors (Lipinski definition) is 6. The topological polar surface area (TPSA) is 85.3 Å². The van der Waals surface area contributed by atoms with Crippen LogP contribution < -0.4 is 9.47 Å². The first-order chi connectivity index (χ1) is 16.8. The summed E-state index contributed by atoms with van der Waals surface area (Å²) in [6, 6.07) is 11.6. The van der Waals surface area contributed by atoms with Gasteiger partial charge in [-0.05, 0) is 54.3 Å². The number of nitrogens with zero attached hydrogens (tertiary/aromatic N) is 1. The Morgan fingerprint density at radius 2 is 1.94 bits per heavy atom. The molecule has 186 valence electrons. The molecule has 1 saturated heterocycles. The van der Waals surface area contributed by atoms with Gasteiger partial charge in [0.05, 0.1) is 24.8 Å². The molecule has 1 aliphatic rings. The van der Waals surface area contributed by atoms with Crippen molar-refractivity contribution in [2.45, 2.75) is 26.8 Å². The first-order valence-corrected chi connectivity index (χ1v) is 11.6. The first-order valence-electron chi connectivity index (χ1n) is 11.6. The molecule has 1 amide bonds.